The first-order valence-electron chi connectivity index (χ1n) is 7.03. The molecule has 0 saturated carbocycles. The number of fused-ring (bicyclic) bond motifs is 1. The molecule has 3 rings (SSSR count). The molecule has 1 aliphatic rings. The van der Waals surface area contributed by atoms with Crippen molar-refractivity contribution >= 4 is 15.9 Å². The number of rotatable bonds is 3. The molecular weight excluding hydrogens is 312 g/mol. The second kappa shape index (κ2) is 5.68. The van der Waals surface area contributed by atoms with E-state index in [0.29, 0.717) is 0 Å². The summed E-state index contributed by atoms with van der Waals surface area (Å²) in [5.41, 5.74) is 9.65. The summed E-state index contributed by atoms with van der Waals surface area (Å²) in [6.07, 6.45) is 3.68. The highest BCUT2D eigenvalue weighted by Crippen LogP contribution is 2.31. The smallest absolute Gasteiger partial charge is 0.0713 e. The van der Waals surface area contributed by atoms with Gasteiger partial charge in [-0.25, -0.2) is 5.43 Å². The summed E-state index contributed by atoms with van der Waals surface area (Å²) < 4.78 is 1.12. The summed E-state index contributed by atoms with van der Waals surface area (Å²) in [6.45, 7) is 2.12. The van der Waals surface area contributed by atoms with Gasteiger partial charge in [-0.3, -0.25) is 5.84 Å². The predicted molar refractivity (Wildman–Crippen MR) is 86.5 cm³/mol. The highest BCUT2D eigenvalue weighted by atomic mass is 79.9. The van der Waals surface area contributed by atoms with Crippen molar-refractivity contribution in [3.63, 3.8) is 0 Å². The van der Waals surface area contributed by atoms with Gasteiger partial charge in [0.25, 0.3) is 0 Å². The van der Waals surface area contributed by atoms with Crippen molar-refractivity contribution in [1.82, 2.24) is 5.43 Å². The molecule has 1 atom stereocenters. The van der Waals surface area contributed by atoms with E-state index in [2.05, 4.69) is 64.7 Å². The van der Waals surface area contributed by atoms with Gasteiger partial charge >= 0.3 is 0 Å². The zero-order chi connectivity index (χ0) is 14.1. The maximum atomic E-state index is 5.84. The average Bonchev–Trinajstić information content (AvgIpc) is 2.92. The van der Waals surface area contributed by atoms with Crippen LogP contribution in [0.2, 0.25) is 0 Å². The van der Waals surface area contributed by atoms with Gasteiger partial charge in [-0.2, -0.15) is 0 Å². The fraction of sp³-hybridized carbons (Fsp3) is 0.294. The predicted octanol–water partition coefficient (Wildman–Crippen LogP) is 3.80. The molecule has 3 N–H and O–H groups in total. The maximum Gasteiger partial charge on any atom is 0.0713 e. The molecule has 0 spiro atoms. The highest BCUT2D eigenvalue weighted by molar-refractivity contribution is 9.10. The molecular formula is C17H19BrN2. The van der Waals surface area contributed by atoms with Crippen LogP contribution < -0.4 is 11.3 Å². The van der Waals surface area contributed by atoms with E-state index in [1.165, 1.54) is 47.1 Å². The molecule has 0 fully saturated rings. The lowest BCUT2D eigenvalue weighted by atomic mass is 9.93. The van der Waals surface area contributed by atoms with E-state index in [0.717, 1.165) is 4.47 Å². The second-order valence-corrected chi connectivity index (χ2v) is 6.29. The molecule has 20 heavy (non-hydrogen) atoms. The van der Waals surface area contributed by atoms with Crippen LogP contribution in [0, 0.1) is 6.92 Å². The second-order valence-electron chi connectivity index (χ2n) is 5.44. The lowest BCUT2D eigenvalue weighted by Gasteiger charge is -2.20. The number of aryl methyl sites for hydroxylation is 2. The van der Waals surface area contributed by atoms with Gasteiger partial charge in [0.15, 0.2) is 0 Å². The van der Waals surface area contributed by atoms with Crippen molar-refractivity contribution < 1.29 is 0 Å². The maximum absolute atomic E-state index is 5.84. The van der Waals surface area contributed by atoms with Crippen molar-refractivity contribution in [1.29, 1.82) is 0 Å². The Labute approximate surface area is 128 Å². The van der Waals surface area contributed by atoms with Gasteiger partial charge in [-0.1, -0.05) is 46.3 Å². The van der Waals surface area contributed by atoms with Crippen molar-refractivity contribution in [3.05, 3.63) is 68.7 Å². The van der Waals surface area contributed by atoms with Crippen LogP contribution in [0.25, 0.3) is 0 Å². The van der Waals surface area contributed by atoms with Gasteiger partial charge in [0.2, 0.25) is 0 Å². The van der Waals surface area contributed by atoms with Gasteiger partial charge in [0, 0.05) is 4.47 Å². The van der Waals surface area contributed by atoms with Gasteiger partial charge in [-0.05, 0) is 60.1 Å². The Balaban J connectivity index is 2.03. The van der Waals surface area contributed by atoms with Crippen LogP contribution in [-0.2, 0) is 12.8 Å². The molecule has 3 heteroatoms. The van der Waals surface area contributed by atoms with E-state index in [9.17, 15) is 0 Å². The first-order valence-corrected chi connectivity index (χ1v) is 7.83. The number of nitrogens with two attached hydrogens (primary N) is 1. The van der Waals surface area contributed by atoms with Crippen LogP contribution >= 0.6 is 15.9 Å². The number of hydrogen-bond donors (Lipinski definition) is 2. The Kier molecular flexibility index (Phi) is 3.92. The monoisotopic (exact) mass is 330 g/mol. The Morgan fingerprint density at radius 2 is 1.95 bits per heavy atom. The Morgan fingerprint density at radius 3 is 2.75 bits per heavy atom. The molecule has 2 aromatic rings. The van der Waals surface area contributed by atoms with Crippen molar-refractivity contribution in [2.75, 3.05) is 0 Å². The van der Waals surface area contributed by atoms with E-state index < -0.39 is 0 Å². The fourth-order valence-corrected chi connectivity index (χ4v) is 3.46. The van der Waals surface area contributed by atoms with Gasteiger partial charge in [0.1, 0.15) is 0 Å². The Hall–Kier alpha value is -1.16. The molecule has 0 aliphatic heterocycles. The topological polar surface area (TPSA) is 38.0 Å². The molecule has 1 aliphatic carbocycles. The third kappa shape index (κ3) is 2.41. The van der Waals surface area contributed by atoms with Gasteiger partial charge in [0.05, 0.1) is 6.04 Å². The van der Waals surface area contributed by atoms with Gasteiger partial charge in [-0.15, -0.1) is 0 Å². The summed E-state index contributed by atoms with van der Waals surface area (Å²) in [6, 6.07) is 13.1. The van der Waals surface area contributed by atoms with Crippen LogP contribution in [0.4, 0.5) is 0 Å². The summed E-state index contributed by atoms with van der Waals surface area (Å²) in [5, 5.41) is 0. The molecule has 2 nitrogen and oxygen atoms in total. The lowest BCUT2D eigenvalue weighted by molar-refractivity contribution is 0.632. The van der Waals surface area contributed by atoms with Crippen molar-refractivity contribution in [3.8, 4) is 0 Å². The van der Waals surface area contributed by atoms with E-state index in [1.54, 1.807) is 0 Å². The van der Waals surface area contributed by atoms with E-state index >= 15 is 0 Å². The Morgan fingerprint density at radius 1 is 1.15 bits per heavy atom. The number of halogens is 1. The molecule has 0 aromatic heterocycles. The third-order valence-corrected chi connectivity index (χ3v) is 5.10. The number of benzene rings is 2. The zero-order valence-corrected chi connectivity index (χ0v) is 13.2. The highest BCUT2D eigenvalue weighted by Gasteiger charge is 2.18. The molecule has 0 saturated heterocycles. The van der Waals surface area contributed by atoms with Crippen molar-refractivity contribution in [2.24, 2.45) is 5.84 Å². The standard InChI is InChI=1S/C17H19BrN2/c1-11-15(6-3-7-16(11)18)17(20-19)14-9-8-12-4-2-5-13(12)10-14/h3,6-10,17,20H,2,4-5,19H2,1H3. The minimum absolute atomic E-state index is 0.0402. The first-order chi connectivity index (χ1) is 9.70. The fourth-order valence-electron chi connectivity index (χ4n) is 3.07. The van der Waals surface area contributed by atoms with Crippen LogP contribution in [0.5, 0.6) is 0 Å². The van der Waals surface area contributed by atoms with E-state index in [1.807, 2.05) is 0 Å². The van der Waals surface area contributed by atoms with Crippen LogP contribution in [0.15, 0.2) is 40.9 Å². The molecule has 1 unspecified atom stereocenters. The summed E-state index contributed by atoms with van der Waals surface area (Å²) in [4.78, 5) is 0. The number of hydrogen-bond acceptors (Lipinski definition) is 2. The molecule has 0 heterocycles. The molecule has 0 bridgehead atoms. The first kappa shape index (κ1) is 13.8. The van der Waals surface area contributed by atoms with E-state index in [4.69, 9.17) is 5.84 Å². The largest absolute Gasteiger partial charge is 0.271 e. The van der Waals surface area contributed by atoms with Crippen LogP contribution in [-0.4, -0.2) is 0 Å². The summed E-state index contributed by atoms with van der Waals surface area (Å²) in [5.74, 6) is 5.84. The lowest BCUT2D eigenvalue weighted by Crippen LogP contribution is -2.29. The minimum Gasteiger partial charge on any atom is -0.271 e. The zero-order valence-electron chi connectivity index (χ0n) is 11.6. The van der Waals surface area contributed by atoms with Crippen LogP contribution in [0.3, 0.4) is 0 Å². The van der Waals surface area contributed by atoms with Crippen LogP contribution in [0.1, 0.15) is 40.3 Å². The SMILES string of the molecule is Cc1c(Br)cccc1C(NN)c1ccc2c(c1)CCC2. The number of nitrogens with one attached hydrogen (secondary N) is 1. The number of hydrazine groups is 1. The quantitative estimate of drug-likeness (QED) is 0.663. The molecule has 0 amide bonds. The summed E-state index contributed by atoms with van der Waals surface area (Å²) in [7, 11) is 0. The normalized spacial score (nSPS) is 15.2. The third-order valence-electron chi connectivity index (χ3n) is 4.24. The molecule has 2 aromatic carbocycles. The Bertz CT molecular complexity index is 637. The molecule has 0 radical (unpaired) electrons. The summed E-state index contributed by atoms with van der Waals surface area (Å²) >= 11 is 3.60. The minimum atomic E-state index is 0.0402. The average molecular weight is 331 g/mol. The van der Waals surface area contributed by atoms with E-state index in [-0.39, 0.29) is 6.04 Å². The van der Waals surface area contributed by atoms with Gasteiger partial charge < -0.3 is 0 Å². The molecule has 104 valence electrons. The van der Waals surface area contributed by atoms with Crippen molar-refractivity contribution in [2.45, 2.75) is 32.2 Å².